The van der Waals surface area contributed by atoms with Gasteiger partial charge in [0.2, 0.25) is 35.7 Å². The van der Waals surface area contributed by atoms with Gasteiger partial charge in [0.15, 0.2) is 0 Å². The van der Waals surface area contributed by atoms with Crippen LogP contribution in [0.5, 0.6) is 0 Å². The number of rotatable bonds is 16. The van der Waals surface area contributed by atoms with E-state index in [1.807, 2.05) is 170 Å². The molecule has 6 heterocycles. The van der Waals surface area contributed by atoms with Gasteiger partial charge >= 0.3 is 0 Å². The molecular weight excluding hydrogens is 857 g/mol. The Balaban J connectivity index is 0.856. The molecule has 20 nitrogen and oxygen atoms in total. The summed E-state index contributed by atoms with van der Waals surface area (Å²) < 4.78 is 7.12. The fourth-order valence-electron chi connectivity index (χ4n) is 7.09. The molecule has 0 aliphatic carbocycles. The van der Waals surface area contributed by atoms with Crippen molar-refractivity contribution in [3.8, 4) is 22.7 Å². The summed E-state index contributed by atoms with van der Waals surface area (Å²) in [6, 6.07) is 46.3. The molecule has 11 aromatic rings. The molecule has 0 fully saturated rings. The van der Waals surface area contributed by atoms with Crippen molar-refractivity contribution < 1.29 is 0 Å². The van der Waals surface area contributed by atoms with Crippen LogP contribution in [0.4, 0.5) is 69.8 Å². The van der Waals surface area contributed by atoms with Crippen molar-refractivity contribution in [1.82, 2.24) is 69.0 Å². The monoisotopic (exact) mass is 894 g/mol. The summed E-state index contributed by atoms with van der Waals surface area (Å²) in [7, 11) is 0. The SMILES string of the molecule is c1cc(Nc2nc(Nc3ccc(Nc4nc(Nc5cccc(-n6cccn6)c5)nc(Nc5cccc(-n6cccn6)c5)n4)cc3)nc(Nc3cccc(-n4cccn4)c3)n2)cc(-n2cccn2)c1. The van der Waals surface area contributed by atoms with Crippen molar-refractivity contribution in [1.29, 1.82) is 0 Å². The van der Waals surface area contributed by atoms with Gasteiger partial charge in [-0.15, -0.1) is 0 Å². The first kappa shape index (κ1) is 40.5. The lowest BCUT2D eigenvalue weighted by Crippen LogP contribution is -2.08. The summed E-state index contributed by atoms with van der Waals surface area (Å²) in [5, 5.41) is 37.5. The predicted molar refractivity (Wildman–Crippen MR) is 260 cm³/mol. The summed E-state index contributed by atoms with van der Waals surface area (Å²) in [6.07, 6.45) is 14.5. The average Bonchev–Trinajstić information content (AvgIpc) is 4.22. The van der Waals surface area contributed by atoms with E-state index < -0.39 is 0 Å². The zero-order chi connectivity index (χ0) is 45.5. The van der Waals surface area contributed by atoms with E-state index in [9.17, 15) is 0 Å². The second kappa shape index (κ2) is 18.5. The van der Waals surface area contributed by atoms with Crippen LogP contribution in [0.2, 0.25) is 0 Å². The van der Waals surface area contributed by atoms with Gasteiger partial charge in [-0.05, 0) is 121 Å². The maximum Gasteiger partial charge on any atom is 0.233 e. The molecule has 0 amide bonds. The molecule has 0 aliphatic rings. The van der Waals surface area contributed by atoms with Gasteiger partial charge in [-0.2, -0.15) is 50.3 Å². The van der Waals surface area contributed by atoms with Gasteiger partial charge in [0, 0.05) is 83.7 Å². The molecule has 330 valence electrons. The molecule has 11 rings (SSSR count). The molecule has 0 saturated heterocycles. The van der Waals surface area contributed by atoms with Gasteiger partial charge in [0.1, 0.15) is 0 Å². The molecule has 0 spiro atoms. The maximum atomic E-state index is 4.75. The fraction of sp³-hybridized carbons (Fsp3) is 0. The van der Waals surface area contributed by atoms with Gasteiger partial charge in [-0.25, -0.2) is 18.7 Å². The Morgan fingerprint density at radius 2 is 0.485 bits per heavy atom. The van der Waals surface area contributed by atoms with Crippen molar-refractivity contribution in [2.45, 2.75) is 0 Å². The van der Waals surface area contributed by atoms with Crippen molar-refractivity contribution in [3.63, 3.8) is 0 Å². The minimum atomic E-state index is 0.300. The van der Waals surface area contributed by atoms with Crippen molar-refractivity contribution in [2.24, 2.45) is 0 Å². The van der Waals surface area contributed by atoms with Crippen LogP contribution in [0.3, 0.4) is 0 Å². The Morgan fingerprint density at radius 3 is 0.706 bits per heavy atom. The summed E-state index contributed by atoms with van der Waals surface area (Å²) in [6.45, 7) is 0. The largest absolute Gasteiger partial charge is 0.324 e. The third kappa shape index (κ3) is 9.63. The molecule has 68 heavy (non-hydrogen) atoms. The summed E-state index contributed by atoms with van der Waals surface area (Å²) in [4.78, 5) is 28.5. The number of anilines is 12. The van der Waals surface area contributed by atoms with Crippen molar-refractivity contribution >= 4 is 69.8 Å². The normalized spacial score (nSPS) is 10.9. The topological polar surface area (TPSA) is 221 Å². The first-order chi connectivity index (χ1) is 33.6. The van der Waals surface area contributed by atoms with Gasteiger partial charge in [0.05, 0.1) is 22.7 Å². The molecule has 6 aromatic heterocycles. The lowest BCUT2D eigenvalue weighted by atomic mass is 10.3. The minimum absolute atomic E-state index is 0.300. The molecule has 0 atom stereocenters. The highest BCUT2D eigenvalue weighted by molar-refractivity contribution is 5.68. The third-order valence-corrected chi connectivity index (χ3v) is 10.2. The van der Waals surface area contributed by atoms with Gasteiger partial charge in [0.25, 0.3) is 0 Å². The lowest BCUT2D eigenvalue weighted by Gasteiger charge is -2.14. The molecule has 0 aliphatic heterocycles. The number of benzene rings is 5. The van der Waals surface area contributed by atoms with Crippen LogP contribution in [0.25, 0.3) is 22.7 Å². The van der Waals surface area contributed by atoms with Crippen molar-refractivity contribution in [2.75, 3.05) is 31.9 Å². The van der Waals surface area contributed by atoms with Crippen molar-refractivity contribution in [3.05, 3.63) is 195 Å². The molecule has 5 aromatic carbocycles. The number of hydrogen-bond acceptors (Lipinski definition) is 16. The quantitative estimate of drug-likeness (QED) is 0.0532. The predicted octanol–water partition coefficient (Wildman–Crippen LogP) is 9.26. The van der Waals surface area contributed by atoms with E-state index in [0.29, 0.717) is 35.7 Å². The highest BCUT2D eigenvalue weighted by atomic mass is 15.3. The zero-order valence-electron chi connectivity index (χ0n) is 35.7. The van der Waals surface area contributed by atoms with Crippen LogP contribution >= 0.6 is 0 Å². The van der Waals surface area contributed by atoms with Gasteiger partial charge in [-0.1, -0.05) is 24.3 Å². The molecular formula is C48H38N20. The fourth-order valence-corrected chi connectivity index (χ4v) is 7.09. The Kier molecular flexibility index (Phi) is 11.0. The smallest absolute Gasteiger partial charge is 0.233 e. The van der Waals surface area contributed by atoms with Crippen LogP contribution in [-0.4, -0.2) is 69.0 Å². The second-order valence-electron chi connectivity index (χ2n) is 14.9. The van der Waals surface area contributed by atoms with E-state index in [1.54, 1.807) is 43.5 Å². The van der Waals surface area contributed by atoms with Crippen LogP contribution in [0.15, 0.2) is 195 Å². The standard InChI is InChI=1S/C48H38N20/c1-9-35(29-39(13-1)65-25-5-21-49-65)55-45-59-43(60-46(63-45)56-36-10-2-14-40(30-36)66-26-6-22-50-66)53-33-17-19-34(20-18-33)54-44-61-47(57-37-11-3-15-41(31-37)67-27-7-23-51-67)64-48(62-44)58-38-12-4-16-42(32-38)68-28-8-24-52-68/h1-32H,(H3,53,55,56,59,60,63)(H3,54,57,58,61,62,64). The van der Waals surface area contributed by atoms with E-state index in [0.717, 1.165) is 56.9 Å². The first-order valence-electron chi connectivity index (χ1n) is 21.2. The minimum Gasteiger partial charge on any atom is -0.324 e. The number of nitrogens with one attached hydrogen (secondary N) is 6. The summed E-state index contributed by atoms with van der Waals surface area (Å²) >= 11 is 0. The highest BCUT2D eigenvalue weighted by Crippen LogP contribution is 2.27. The molecule has 0 bridgehead atoms. The van der Waals surface area contributed by atoms with E-state index in [2.05, 4.69) is 52.3 Å². The third-order valence-electron chi connectivity index (χ3n) is 10.2. The van der Waals surface area contributed by atoms with E-state index in [4.69, 9.17) is 29.9 Å². The Bertz CT molecular complexity index is 2980. The van der Waals surface area contributed by atoms with E-state index in [-0.39, 0.29) is 0 Å². The van der Waals surface area contributed by atoms with E-state index in [1.165, 1.54) is 0 Å². The average molecular weight is 895 g/mol. The zero-order valence-corrected chi connectivity index (χ0v) is 35.7. The molecule has 0 radical (unpaired) electrons. The lowest BCUT2D eigenvalue weighted by molar-refractivity contribution is 0.880. The van der Waals surface area contributed by atoms with Crippen LogP contribution in [-0.2, 0) is 0 Å². The Labute approximate surface area is 387 Å². The van der Waals surface area contributed by atoms with Gasteiger partial charge in [-0.3, -0.25) is 0 Å². The van der Waals surface area contributed by atoms with Crippen LogP contribution in [0, 0.1) is 0 Å². The second-order valence-corrected chi connectivity index (χ2v) is 14.9. The Hall–Kier alpha value is -10.2. The Morgan fingerprint density at radius 1 is 0.250 bits per heavy atom. The van der Waals surface area contributed by atoms with E-state index >= 15 is 0 Å². The number of aromatic nitrogens is 14. The van der Waals surface area contributed by atoms with Crippen LogP contribution < -0.4 is 31.9 Å². The summed E-state index contributed by atoms with van der Waals surface area (Å²) in [5.41, 5.74) is 7.98. The first-order valence-corrected chi connectivity index (χ1v) is 21.2. The highest BCUT2D eigenvalue weighted by Gasteiger charge is 2.13. The maximum absolute atomic E-state index is 4.75. The molecule has 6 N–H and O–H groups in total. The molecule has 20 heteroatoms. The number of hydrogen-bond donors (Lipinski definition) is 6. The summed E-state index contributed by atoms with van der Waals surface area (Å²) in [5.74, 6) is 1.86. The van der Waals surface area contributed by atoms with Gasteiger partial charge < -0.3 is 31.9 Å². The molecule has 0 saturated carbocycles. The number of nitrogens with zero attached hydrogens (tertiary/aromatic N) is 14. The van der Waals surface area contributed by atoms with Crippen LogP contribution in [0.1, 0.15) is 0 Å². The molecule has 0 unspecified atom stereocenters.